The summed E-state index contributed by atoms with van der Waals surface area (Å²) in [6.07, 6.45) is -4.56. The SMILES string of the molecule is COC(=O)C1(c2ccc(-c3ccc(-c4oc5nc(C(F)(F)F)ccc5c4NC(=O)O[C@H](C)c4ccccc4)cc3)cc2)CC1. The largest absolute Gasteiger partial charge is 0.468 e. The van der Waals surface area contributed by atoms with E-state index in [1.807, 2.05) is 66.7 Å². The molecule has 0 aliphatic heterocycles. The van der Waals surface area contributed by atoms with Gasteiger partial charge >= 0.3 is 18.2 Å². The van der Waals surface area contributed by atoms with Crippen LogP contribution in [-0.4, -0.2) is 24.2 Å². The average Bonchev–Trinajstić information content (AvgIpc) is 3.77. The zero-order chi connectivity index (χ0) is 31.1. The number of hydrogen-bond donors (Lipinski definition) is 1. The van der Waals surface area contributed by atoms with Crippen molar-refractivity contribution in [2.75, 3.05) is 12.4 Å². The van der Waals surface area contributed by atoms with Crippen molar-refractivity contribution >= 4 is 28.8 Å². The fourth-order valence-electron chi connectivity index (χ4n) is 5.27. The summed E-state index contributed by atoms with van der Waals surface area (Å²) in [7, 11) is 1.39. The van der Waals surface area contributed by atoms with Gasteiger partial charge in [-0.15, -0.1) is 0 Å². The van der Waals surface area contributed by atoms with Crippen LogP contribution in [0.25, 0.3) is 33.6 Å². The fraction of sp³-hybridized carbons (Fsp3) is 0.206. The first-order chi connectivity index (χ1) is 21.1. The lowest BCUT2D eigenvalue weighted by molar-refractivity contribution is -0.143. The molecule has 1 atom stereocenters. The molecule has 0 spiro atoms. The third-order valence-electron chi connectivity index (χ3n) is 7.87. The second kappa shape index (κ2) is 11.2. The van der Waals surface area contributed by atoms with Crippen LogP contribution in [0, 0.1) is 0 Å². The van der Waals surface area contributed by atoms with Gasteiger partial charge in [0.15, 0.2) is 5.76 Å². The number of carbonyl (C=O) groups excluding carboxylic acids is 2. The molecule has 0 bridgehead atoms. The molecule has 0 unspecified atom stereocenters. The summed E-state index contributed by atoms with van der Waals surface area (Å²) in [6.45, 7) is 1.71. The summed E-state index contributed by atoms with van der Waals surface area (Å²) < 4.78 is 56.5. The molecule has 0 saturated heterocycles. The summed E-state index contributed by atoms with van der Waals surface area (Å²) in [5.41, 5.74) is 2.13. The summed E-state index contributed by atoms with van der Waals surface area (Å²) in [5.74, 6) is -0.105. The van der Waals surface area contributed by atoms with Crippen LogP contribution in [0.4, 0.5) is 23.7 Å². The Hall–Kier alpha value is -5.12. The van der Waals surface area contributed by atoms with Crippen molar-refractivity contribution < 1.29 is 36.7 Å². The van der Waals surface area contributed by atoms with E-state index in [0.29, 0.717) is 5.56 Å². The van der Waals surface area contributed by atoms with E-state index in [2.05, 4.69) is 10.3 Å². The zero-order valence-corrected chi connectivity index (χ0v) is 23.8. The van der Waals surface area contributed by atoms with Gasteiger partial charge in [-0.1, -0.05) is 78.9 Å². The molecule has 1 aliphatic rings. The molecular formula is C34H27F3N2O5. The number of ether oxygens (including phenoxy) is 2. The number of rotatable bonds is 7. The number of halogens is 3. The van der Waals surface area contributed by atoms with Gasteiger partial charge < -0.3 is 13.9 Å². The van der Waals surface area contributed by atoms with Crippen molar-refractivity contribution in [2.45, 2.75) is 37.5 Å². The number of anilines is 1. The third kappa shape index (κ3) is 5.50. The number of esters is 1. The number of methoxy groups -OCH3 is 1. The summed E-state index contributed by atoms with van der Waals surface area (Å²) in [6, 6.07) is 26.0. The van der Waals surface area contributed by atoms with Gasteiger partial charge in [-0.25, -0.2) is 9.78 Å². The number of nitrogens with zero attached hydrogens (tertiary/aromatic N) is 1. The predicted octanol–water partition coefficient (Wildman–Crippen LogP) is 8.69. The number of alkyl halides is 3. The van der Waals surface area contributed by atoms with Crippen LogP contribution in [0.3, 0.4) is 0 Å². The van der Waals surface area contributed by atoms with Gasteiger partial charge in [-0.3, -0.25) is 10.1 Å². The van der Waals surface area contributed by atoms with Gasteiger partial charge in [0.2, 0.25) is 5.71 Å². The van der Waals surface area contributed by atoms with Crippen LogP contribution >= 0.6 is 0 Å². The Labute approximate surface area is 250 Å². The number of pyridine rings is 1. The average molecular weight is 601 g/mol. The molecule has 1 amide bonds. The monoisotopic (exact) mass is 600 g/mol. The van der Waals surface area contributed by atoms with Crippen LogP contribution in [0.5, 0.6) is 0 Å². The number of carbonyl (C=O) groups is 2. The Morgan fingerprint density at radius 2 is 1.50 bits per heavy atom. The molecule has 1 saturated carbocycles. The minimum Gasteiger partial charge on any atom is -0.468 e. The zero-order valence-electron chi connectivity index (χ0n) is 23.8. The van der Waals surface area contributed by atoms with E-state index in [1.165, 1.54) is 13.2 Å². The molecule has 7 nitrogen and oxygen atoms in total. The van der Waals surface area contributed by atoms with Gasteiger partial charge in [0.25, 0.3) is 0 Å². The molecule has 10 heteroatoms. The normalized spacial score (nSPS) is 14.6. The minimum atomic E-state index is -4.67. The maximum absolute atomic E-state index is 13.4. The highest BCUT2D eigenvalue weighted by Crippen LogP contribution is 2.49. The molecule has 2 aromatic heterocycles. The van der Waals surface area contributed by atoms with Crippen LogP contribution < -0.4 is 5.32 Å². The van der Waals surface area contributed by atoms with Gasteiger partial charge in [0.05, 0.1) is 17.9 Å². The molecule has 1 N–H and O–H groups in total. The molecule has 1 fully saturated rings. The first-order valence-corrected chi connectivity index (χ1v) is 13.9. The Kier molecular flexibility index (Phi) is 7.36. The number of benzene rings is 3. The number of aromatic nitrogens is 1. The standard InChI is InChI=1S/C34H27F3N2O5/c1-20(21-6-4-3-5-7-21)43-32(41)39-28-26-16-17-27(34(35,36)37)38-30(26)44-29(28)24-10-8-22(9-11-24)23-12-14-25(15-13-23)33(18-19-33)31(40)42-2/h3-17,20H,18-19H2,1-2H3,(H,39,41)/t20-/m1/s1. The quantitative estimate of drug-likeness (QED) is 0.188. The first kappa shape index (κ1) is 29.0. The number of fused-ring (bicyclic) bond motifs is 1. The second-order valence-corrected chi connectivity index (χ2v) is 10.7. The smallest absolute Gasteiger partial charge is 0.433 e. The van der Waals surface area contributed by atoms with Crippen LogP contribution in [0.15, 0.2) is 95.4 Å². The predicted molar refractivity (Wildman–Crippen MR) is 158 cm³/mol. The van der Waals surface area contributed by atoms with Crippen molar-refractivity contribution in [3.8, 4) is 22.5 Å². The van der Waals surface area contributed by atoms with E-state index in [9.17, 15) is 22.8 Å². The topological polar surface area (TPSA) is 90.7 Å². The highest BCUT2D eigenvalue weighted by Gasteiger charge is 2.52. The Balaban J connectivity index is 1.30. The lowest BCUT2D eigenvalue weighted by Gasteiger charge is -2.14. The van der Waals surface area contributed by atoms with E-state index in [4.69, 9.17) is 13.9 Å². The number of hydrogen-bond acceptors (Lipinski definition) is 6. The Morgan fingerprint density at radius 3 is 2.09 bits per heavy atom. The van der Waals surface area contributed by atoms with E-state index in [1.54, 1.807) is 19.1 Å². The first-order valence-electron chi connectivity index (χ1n) is 13.9. The van der Waals surface area contributed by atoms with Crippen molar-refractivity contribution in [2.24, 2.45) is 0 Å². The van der Waals surface area contributed by atoms with Crippen molar-refractivity contribution in [1.82, 2.24) is 4.98 Å². The lowest BCUT2D eigenvalue weighted by atomic mass is 9.93. The van der Waals surface area contributed by atoms with Crippen LogP contribution in [0.1, 0.15) is 42.7 Å². The van der Waals surface area contributed by atoms with Crippen LogP contribution in [-0.2, 0) is 25.9 Å². The number of nitrogens with one attached hydrogen (secondary N) is 1. The van der Waals surface area contributed by atoms with E-state index < -0.39 is 29.5 Å². The highest BCUT2D eigenvalue weighted by molar-refractivity contribution is 6.04. The van der Waals surface area contributed by atoms with Crippen molar-refractivity contribution in [1.29, 1.82) is 0 Å². The molecule has 3 aromatic carbocycles. The molecule has 0 radical (unpaired) electrons. The Morgan fingerprint density at radius 1 is 0.886 bits per heavy atom. The molecule has 6 rings (SSSR count). The summed E-state index contributed by atoms with van der Waals surface area (Å²) in [5, 5.41) is 2.85. The summed E-state index contributed by atoms with van der Waals surface area (Å²) in [4.78, 5) is 28.9. The maximum atomic E-state index is 13.4. The van der Waals surface area contributed by atoms with Gasteiger partial charge in [-0.2, -0.15) is 13.2 Å². The molecule has 5 aromatic rings. The maximum Gasteiger partial charge on any atom is 0.433 e. The van der Waals surface area contributed by atoms with Crippen LogP contribution in [0.2, 0.25) is 0 Å². The number of furan rings is 1. The molecule has 224 valence electrons. The highest BCUT2D eigenvalue weighted by atomic mass is 19.4. The van der Waals surface area contributed by atoms with Gasteiger partial charge in [0.1, 0.15) is 17.5 Å². The van der Waals surface area contributed by atoms with Gasteiger partial charge in [0, 0.05) is 5.56 Å². The Bertz CT molecular complexity index is 1830. The lowest BCUT2D eigenvalue weighted by Crippen LogP contribution is -2.21. The van der Waals surface area contributed by atoms with E-state index in [-0.39, 0.29) is 28.5 Å². The van der Waals surface area contributed by atoms with E-state index >= 15 is 0 Å². The third-order valence-corrected chi connectivity index (χ3v) is 7.87. The fourth-order valence-corrected chi connectivity index (χ4v) is 5.27. The van der Waals surface area contributed by atoms with Gasteiger partial charge in [-0.05, 0) is 54.2 Å². The molecule has 1 aliphatic carbocycles. The number of amides is 1. The molecule has 2 heterocycles. The van der Waals surface area contributed by atoms with Crippen molar-refractivity contribution in [3.63, 3.8) is 0 Å². The molecular weight excluding hydrogens is 573 g/mol. The summed E-state index contributed by atoms with van der Waals surface area (Å²) >= 11 is 0. The van der Waals surface area contributed by atoms with Crippen molar-refractivity contribution in [3.05, 3.63) is 108 Å². The molecule has 44 heavy (non-hydrogen) atoms. The second-order valence-electron chi connectivity index (χ2n) is 10.7. The minimum absolute atomic E-state index is 0.131. The van der Waals surface area contributed by atoms with E-state index in [0.717, 1.165) is 41.2 Å².